The molecule has 82 valence electrons. The van der Waals surface area contributed by atoms with Crippen LogP contribution in [0.25, 0.3) is 10.2 Å². The molecule has 2 rings (SSSR count). The minimum Gasteiger partial charge on any atom is -0.240 e. The van der Waals surface area contributed by atoms with Gasteiger partial charge in [-0.3, -0.25) is 0 Å². The number of nitrogens with zero attached hydrogens (tertiary/aromatic N) is 2. The van der Waals surface area contributed by atoms with Crippen LogP contribution in [-0.4, -0.2) is 4.98 Å². The van der Waals surface area contributed by atoms with Gasteiger partial charge in [0.05, 0.1) is 22.7 Å². The van der Waals surface area contributed by atoms with Gasteiger partial charge in [-0.2, -0.15) is 5.26 Å². The Kier molecular flexibility index (Phi) is 2.69. The van der Waals surface area contributed by atoms with Crippen LogP contribution < -0.4 is 0 Å². The monoisotopic (exact) mass is 230 g/mol. The standard InChI is InChI=1S/C13H14N2S/c1-13(2,3)9-5-4-6-10-12(9)16-11(15-10)7-8-14/h4-6H,7H2,1-3H3. The highest BCUT2D eigenvalue weighted by Crippen LogP contribution is 2.33. The van der Waals surface area contributed by atoms with Gasteiger partial charge in [0.25, 0.3) is 0 Å². The first-order valence-corrected chi connectivity index (χ1v) is 6.10. The van der Waals surface area contributed by atoms with Crippen LogP contribution in [0, 0.1) is 11.3 Å². The molecule has 0 aliphatic rings. The SMILES string of the molecule is CC(C)(C)c1cccc2nc(CC#N)sc12. The lowest BCUT2D eigenvalue weighted by Gasteiger charge is -2.19. The van der Waals surface area contributed by atoms with Crippen LogP contribution in [0.1, 0.15) is 31.3 Å². The molecule has 0 radical (unpaired) electrons. The highest BCUT2D eigenvalue weighted by molar-refractivity contribution is 7.18. The maximum atomic E-state index is 8.69. The van der Waals surface area contributed by atoms with Crippen LogP contribution in [0.3, 0.4) is 0 Å². The first kappa shape index (κ1) is 11.1. The zero-order valence-corrected chi connectivity index (χ0v) is 10.6. The zero-order valence-electron chi connectivity index (χ0n) is 9.74. The maximum Gasteiger partial charge on any atom is 0.108 e. The molecule has 16 heavy (non-hydrogen) atoms. The highest BCUT2D eigenvalue weighted by Gasteiger charge is 2.18. The molecule has 0 amide bonds. The normalized spacial score (nSPS) is 11.6. The van der Waals surface area contributed by atoms with Gasteiger partial charge in [-0.25, -0.2) is 4.98 Å². The van der Waals surface area contributed by atoms with Crippen LogP contribution in [0.2, 0.25) is 0 Å². The molecule has 0 spiro atoms. The van der Waals surface area contributed by atoms with Gasteiger partial charge < -0.3 is 0 Å². The molecular weight excluding hydrogens is 216 g/mol. The van der Waals surface area contributed by atoms with Gasteiger partial charge in [0.1, 0.15) is 5.01 Å². The Balaban J connectivity index is 2.64. The second-order valence-electron chi connectivity index (χ2n) is 4.85. The Morgan fingerprint density at radius 3 is 2.75 bits per heavy atom. The fourth-order valence-electron chi connectivity index (χ4n) is 1.73. The molecule has 0 atom stereocenters. The molecule has 2 nitrogen and oxygen atoms in total. The molecule has 0 saturated heterocycles. The average Bonchev–Trinajstić information content (AvgIpc) is 2.58. The van der Waals surface area contributed by atoms with E-state index in [4.69, 9.17) is 5.26 Å². The highest BCUT2D eigenvalue weighted by atomic mass is 32.1. The number of hydrogen-bond donors (Lipinski definition) is 0. The number of aromatic nitrogens is 1. The topological polar surface area (TPSA) is 36.7 Å². The molecule has 0 unspecified atom stereocenters. The molecule has 0 N–H and O–H groups in total. The lowest BCUT2D eigenvalue weighted by molar-refractivity contribution is 0.596. The number of thiazole rings is 1. The van der Waals surface area contributed by atoms with Crippen molar-refractivity contribution in [2.45, 2.75) is 32.6 Å². The third-order valence-corrected chi connectivity index (χ3v) is 3.60. The number of rotatable bonds is 1. The second-order valence-corrected chi connectivity index (χ2v) is 5.93. The van der Waals surface area contributed by atoms with Gasteiger partial charge in [0.15, 0.2) is 0 Å². The minimum absolute atomic E-state index is 0.121. The fourth-order valence-corrected chi connectivity index (χ4v) is 2.95. The van der Waals surface area contributed by atoms with Crippen molar-refractivity contribution in [2.75, 3.05) is 0 Å². The molecular formula is C13H14N2S. The fraction of sp³-hybridized carbons (Fsp3) is 0.385. The third-order valence-electron chi connectivity index (χ3n) is 2.50. The van der Waals surface area contributed by atoms with Crippen molar-refractivity contribution in [3.8, 4) is 6.07 Å². The summed E-state index contributed by atoms with van der Waals surface area (Å²) in [6, 6.07) is 8.36. The van der Waals surface area contributed by atoms with E-state index in [1.165, 1.54) is 10.3 Å². The van der Waals surface area contributed by atoms with Gasteiger partial charge >= 0.3 is 0 Å². The third kappa shape index (κ3) is 1.94. The van der Waals surface area contributed by atoms with Gasteiger partial charge in [-0.15, -0.1) is 11.3 Å². The van der Waals surface area contributed by atoms with Crippen LogP contribution in [0.15, 0.2) is 18.2 Å². The summed E-state index contributed by atoms with van der Waals surface area (Å²) in [6.45, 7) is 6.60. The predicted molar refractivity (Wildman–Crippen MR) is 67.6 cm³/mol. The van der Waals surface area contributed by atoms with Crippen LogP contribution >= 0.6 is 11.3 Å². The van der Waals surface area contributed by atoms with Crippen molar-refractivity contribution in [3.05, 3.63) is 28.8 Å². The molecule has 0 aliphatic carbocycles. The quantitative estimate of drug-likeness (QED) is 0.749. The van der Waals surface area contributed by atoms with Crippen molar-refractivity contribution in [3.63, 3.8) is 0 Å². The van der Waals surface area contributed by atoms with Gasteiger partial charge in [0, 0.05) is 0 Å². The predicted octanol–water partition coefficient (Wildman–Crippen LogP) is 3.66. The molecule has 3 heteroatoms. The molecule has 0 saturated carbocycles. The van der Waals surface area contributed by atoms with Gasteiger partial charge in [-0.05, 0) is 17.0 Å². The van der Waals surface area contributed by atoms with E-state index >= 15 is 0 Å². The van der Waals surface area contributed by atoms with E-state index in [0.29, 0.717) is 6.42 Å². The second kappa shape index (κ2) is 3.88. The average molecular weight is 230 g/mol. The number of fused-ring (bicyclic) bond motifs is 1. The van der Waals surface area contributed by atoms with Gasteiger partial charge in [0.2, 0.25) is 0 Å². The molecule has 2 aromatic rings. The Labute approximate surface area is 99.6 Å². The summed E-state index contributed by atoms with van der Waals surface area (Å²) in [5.41, 5.74) is 2.45. The summed E-state index contributed by atoms with van der Waals surface area (Å²) in [6.07, 6.45) is 0.406. The van der Waals surface area contributed by atoms with Crippen LogP contribution in [0.5, 0.6) is 0 Å². The van der Waals surface area contributed by atoms with E-state index < -0.39 is 0 Å². The minimum atomic E-state index is 0.121. The van der Waals surface area contributed by atoms with E-state index in [-0.39, 0.29) is 5.41 Å². The lowest BCUT2D eigenvalue weighted by Crippen LogP contribution is -2.10. The Morgan fingerprint density at radius 2 is 2.12 bits per heavy atom. The molecule has 0 bridgehead atoms. The lowest BCUT2D eigenvalue weighted by atomic mass is 9.87. The summed E-state index contributed by atoms with van der Waals surface area (Å²) in [4.78, 5) is 4.47. The van der Waals surface area contributed by atoms with E-state index in [0.717, 1.165) is 10.5 Å². The van der Waals surface area contributed by atoms with Crippen molar-refractivity contribution in [2.24, 2.45) is 0 Å². The molecule has 0 aliphatic heterocycles. The maximum absolute atomic E-state index is 8.69. The van der Waals surface area contributed by atoms with Gasteiger partial charge in [-0.1, -0.05) is 32.9 Å². The van der Waals surface area contributed by atoms with Crippen molar-refractivity contribution in [1.82, 2.24) is 4.98 Å². The smallest absolute Gasteiger partial charge is 0.108 e. The van der Waals surface area contributed by atoms with Crippen LogP contribution in [-0.2, 0) is 11.8 Å². The van der Waals surface area contributed by atoms with Crippen LogP contribution in [0.4, 0.5) is 0 Å². The summed E-state index contributed by atoms with van der Waals surface area (Å²) >= 11 is 1.64. The van der Waals surface area contributed by atoms with Crippen molar-refractivity contribution in [1.29, 1.82) is 5.26 Å². The Morgan fingerprint density at radius 1 is 1.38 bits per heavy atom. The number of benzene rings is 1. The Hall–Kier alpha value is -1.40. The number of hydrogen-bond acceptors (Lipinski definition) is 3. The zero-order chi connectivity index (χ0) is 11.8. The summed E-state index contributed by atoms with van der Waals surface area (Å²) < 4.78 is 1.22. The van der Waals surface area contributed by atoms with E-state index in [1.54, 1.807) is 11.3 Å². The van der Waals surface area contributed by atoms with Crippen molar-refractivity contribution >= 4 is 21.6 Å². The molecule has 1 heterocycles. The summed E-state index contributed by atoms with van der Waals surface area (Å²) in [7, 11) is 0. The van der Waals surface area contributed by atoms with Crippen molar-refractivity contribution < 1.29 is 0 Å². The van der Waals surface area contributed by atoms with E-state index in [2.05, 4.69) is 37.9 Å². The first-order chi connectivity index (χ1) is 7.52. The summed E-state index contributed by atoms with van der Waals surface area (Å²) in [5.74, 6) is 0. The summed E-state index contributed by atoms with van der Waals surface area (Å²) in [5, 5.41) is 9.60. The first-order valence-electron chi connectivity index (χ1n) is 5.28. The van der Waals surface area contributed by atoms with E-state index in [9.17, 15) is 0 Å². The number of nitriles is 1. The largest absolute Gasteiger partial charge is 0.240 e. The molecule has 1 aromatic carbocycles. The van der Waals surface area contributed by atoms with E-state index in [1.807, 2.05) is 12.1 Å². The molecule has 0 fully saturated rings. The molecule has 1 aromatic heterocycles. The Bertz CT molecular complexity index is 555.